The van der Waals surface area contributed by atoms with Crippen molar-refractivity contribution in [2.24, 2.45) is 0 Å². The minimum atomic E-state index is -0.516. The lowest BCUT2D eigenvalue weighted by atomic mass is 10.3. The molecule has 2 N–H and O–H groups in total. The Hall–Kier alpha value is -1.73. The van der Waals surface area contributed by atoms with Crippen molar-refractivity contribution in [3.63, 3.8) is 0 Å². The largest absolute Gasteiger partial charge is 0.324 e. The van der Waals surface area contributed by atoms with Gasteiger partial charge in [0.05, 0.1) is 17.2 Å². The van der Waals surface area contributed by atoms with Crippen molar-refractivity contribution in [3.8, 4) is 0 Å². The maximum absolute atomic E-state index is 11.5. The Bertz CT molecular complexity index is 477. The van der Waals surface area contributed by atoms with Gasteiger partial charge in [-0.2, -0.15) is 0 Å². The summed E-state index contributed by atoms with van der Waals surface area (Å²) in [6, 6.07) is 4.18. The quantitative estimate of drug-likeness (QED) is 0.364. The number of halogens is 1. The lowest BCUT2D eigenvalue weighted by molar-refractivity contribution is -0.384. The molecule has 0 heterocycles. The molecule has 0 unspecified atom stereocenters. The van der Waals surface area contributed by atoms with Crippen LogP contribution in [0.2, 0.25) is 0 Å². The first kappa shape index (κ1) is 14.3. The Morgan fingerprint density at radius 1 is 1.56 bits per heavy atom. The van der Waals surface area contributed by atoms with Crippen LogP contribution in [0.15, 0.2) is 35.3 Å². The molecule has 0 spiro atoms. The van der Waals surface area contributed by atoms with Crippen molar-refractivity contribution in [1.82, 2.24) is 5.32 Å². The van der Waals surface area contributed by atoms with E-state index in [1.54, 1.807) is 6.08 Å². The highest BCUT2D eigenvalue weighted by molar-refractivity contribution is 9.10. The molecule has 0 atom stereocenters. The summed E-state index contributed by atoms with van der Waals surface area (Å²) >= 11 is 3.22. The number of nitro groups is 1. The number of nitro benzene ring substituents is 1. The highest BCUT2D eigenvalue weighted by Crippen LogP contribution is 2.26. The van der Waals surface area contributed by atoms with Gasteiger partial charge < -0.3 is 10.6 Å². The van der Waals surface area contributed by atoms with Crippen LogP contribution in [0.4, 0.5) is 11.4 Å². The van der Waals surface area contributed by atoms with Crippen LogP contribution in [0.5, 0.6) is 0 Å². The zero-order valence-corrected chi connectivity index (χ0v) is 11.1. The summed E-state index contributed by atoms with van der Waals surface area (Å²) in [5.74, 6) is -0.280. The summed E-state index contributed by atoms with van der Waals surface area (Å²) < 4.78 is 0.588. The van der Waals surface area contributed by atoms with Gasteiger partial charge in [-0.3, -0.25) is 14.9 Å². The molecule has 96 valence electrons. The number of anilines is 1. The molecular formula is C11H12BrN3O3. The van der Waals surface area contributed by atoms with Crippen LogP contribution in [-0.4, -0.2) is 23.9 Å². The van der Waals surface area contributed by atoms with Crippen molar-refractivity contribution < 1.29 is 9.72 Å². The number of rotatable bonds is 6. The van der Waals surface area contributed by atoms with Crippen molar-refractivity contribution in [2.75, 3.05) is 18.4 Å². The number of amides is 1. The third-order valence-electron chi connectivity index (χ3n) is 2.01. The summed E-state index contributed by atoms with van der Waals surface area (Å²) in [5.41, 5.74) is 0.294. The number of non-ortho nitro benzene ring substituents is 1. The van der Waals surface area contributed by atoms with Gasteiger partial charge in [-0.05, 0) is 22.0 Å². The van der Waals surface area contributed by atoms with Gasteiger partial charge >= 0.3 is 0 Å². The summed E-state index contributed by atoms with van der Waals surface area (Å²) in [7, 11) is 0. The molecule has 0 saturated carbocycles. The van der Waals surface area contributed by atoms with Gasteiger partial charge in [-0.15, -0.1) is 6.58 Å². The van der Waals surface area contributed by atoms with E-state index in [2.05, 4.69) is 33.1 Å². The molecule has 1 aromatic rings. The lowest BCUT2D eigenvalue weighted by Crippen LogP contribution is -2.28. The van der Waals surface area contributed by atoms with Crippen LogP contribution in [0.25, 0.3) is 0 Å². The van der Waals surface area contributed by atoms with Crippen LogP contribution < -0.4 is 10.6 Å². The molecule has 0 aliphatic rings. The van der Waals surface area contributed by atoms with Crippen molar-refractivity contribution in [2.45, 2.75) is 0 Å². The molecule has 1 rings (SSSR count). The molecule has 0 aromatic heterocycles. The second kappa shape index (κ2) is 6.87. The second-order valence-corrected chi connectivity index (χ2v) is 4.24. The van der Waals surface area contributed by atoms with E-state index in [-0.39, 0.29) is 18.1 Å². The molecule has 7 heteroatoms. The SMILES string of the molecule is C=CCNCC(=O)Nc1cc([N+](=O)[O-])ccc1Br. The number of nitrogens with zero attached hydrogens (tertiary/aromatic N) is 1. The minimum Gasteiger partial charge on any atom is -0.324 e. The van der Waals surface area contributed by atoms with Gasteiger partial charge in [0, 0.05) is 23.2 Å². The van der Waals surface area contributed by atoms with E-state index in [1.807, 2.05) is 0 Å². The maximum atomic E-state index is 11.5. The molecule has 0 fully saturated rings. The van der Waals surface area contributed by atoms with E-state index >= 15 is 0 Å². The lowest BCUT2D eigenvalue weighted by Gasteiger charge is -2.07. The van der Waals surface area contributed by atoms with Crippen LogP contribution in [-0.2, 0) is 4.79 Å². The Morgan fingerprint density at radius 3 is 2.89 bits per heavy atom. The maximum Gasteiger partial charge on any atom is 0.271 e. The van der Waals surface area contributed by atoms with Crippen LogP contribution in [0, 0.1) is 10.1 Å². The van der Waals surface area contributed by atoms with Gasteiger partial charge in [-0.1, -0.05) is 6.08 Å². The Labute approximate surface area is 112 Å². The van der Waals surface area contributed by atoms with Crippen LogP contribution in [0.3, 0.4) is 0 Å². The Kier molecular flexibility index (Phi) is 5.47. The molecule has 1 aromatic carbocycles. The number of hydrogen-bond acceptors (Lipinski definition) is 4. The number of carbonyl (C=O) groups excluding carboxylic acids is 1. The first-order chi connectivity index (χ1) is 8.54. The summed E-state index contributed by atoms with van der Waals surface area (Å²) in [5, 5.41) is 16.0. The van der Waals surface area contributed by atoms with Crippen molar-refractivity contribution in [1.29, 1.82) is 0 Å². The average Bonchev–Trinajstić information content (AvgIpc) is 2.32. The van der Waals surface area contributed by atoms with E-state index in [0.717, 1.165) is 0 Å². The molecule has 0 bridgehead atoms. The van der Waals surface area contributed by atoms with E-state index in [0.29, 0.717) is 16.7 Å². The topological polar surface area (TPSA) is 84.3 Å². The predicted octanol–water partition coefficient (Wildman–Crippen LogP) is 2.07. The van der Waals surface area contributed by atoms with Crippen LogP contribution in [0.1, 0.15) is 0 Å². The van der Waals surface area contributed by atoms with Gasteiger partial charge in [0.25, 0.3) is 5.69 Å². The smallest absolute Gasteiger partial charge is 0.271 e. The molecule has 18 heavy (non-hydrogen) atoms. The number of carbonyl (C=O) groups is 1. The van der Waals surface area contributed by atoms with Gasteiger partial charge in [-0.25, -0.2) is 0 Å². The molecule has 1 amide bonds. The average molecular weight is 314 g/mol. The first-order valence-corrected chi connectivity index (χ1v) is 5.89. The van der Waals surface area contributed by atoms with Crippen molar-refractivity contribution >= 4 is 33.2 Å². The first-order valence-electron chi connectivity index (χ1n) is 5.10. The van der Waals surface area contributed by atoms with Crippen LogP contribution >= 0.6 is 15.9 Å². The minimum absolute atomic E-state index is 0.0763. The fraction of sp³-hybridized carbons (Fsp3) is 0.182. The van der Waals surface area contributed by atoms with E-state index < -0.39 is 4.92 Å². The van der Waals surface area contributed by atoms with E-state index in [1.165, 1.54) is 18.2 Å². The zero-order chi connectivity index (χ0) is 13.5. The highest BCUT2D eigenvalue weighted by Gasteiger charge is 2.11. The fourth-order valence-electron chi connectivity index (χ4n) is 1.20. The molecule has 6 nitrogen and oxygen atoms in total. The van der Waals surface area contributed by atoms with Gasteiger partial charge in [0.1, 0.15) is 0 Å². The van der Waals surface area contributed by atoms with Gasteiger partial charge in [0.15, 0.2) is 0 Å². The zero-order valence-electron chi connectivity index (χ0n) is 9.48. The standard InChI is InChI=1S/C11H12BrN3O3/c1-2-5-13-7-11(16)14-10-6-8(15(17)18)3-4-9(10)12/h2-4,6,13H,1,5,7H2,(H,14,16). The molecule has 0 aliphatic carbocycles. The highest BCUT2D eigenvalue weighted by atomic mass is 79.9. The van der Waals surface area contributed by atoms with Gasteiger partial charge in [0.2, 0.25) is 5.91 Å². The predicted molar refractivity (Wildman–Crippen MR) is 72.5 cm³/mol. The monoisotopic (exact) mass is 313 g/mol. The van der Waals surface area contributed by atoms with Crippen molar-refractivity contribution in [3.05, 3.63) is 45.4 Å². The summed E-state index contributed by atoms with van der Waals surface area (Å²) in [6.07, 6.45) is 1.64. The fourth-order valence-corrected chi connectivity index (χ4v) is 1.55. The number of nitrogens with one attached hydrogen (secondary N) is 2. The summed E-state index contributed by atoms with van der Waals surface area (Å²) in [4.78, 5) is 21.6. The van der Waals surface area contributed by atoms with E-state index in [9.17, 15) is 14.9 Å². The Balaban J connectivity index is 2.71. The molecule has 0 saturated heterocycles. The third-order valence-corrected chi connectivity index (χ3v) is 2.70. The molecule has 0 aliphatic heterocycles. The third kappa shape index (κ3) is 4.27. The Morgan fingerprint density at radius 2 is 2.28 bits per heavy atom. The number of hydrogen-bond donors (Lipinski definition) is 2. The normalized spacial score (nSPS) is 9.83. The summed E-state index contributed by atoms with van der Waals surface area (Å²) in [6.45, 7) is 4.14. The number of benzene rings is 1. The molecule has 0 radical (unpaired) electrons. The van der Waals surface area contributed by atoms with E-state index in [4.69, 9.17) is 0 Å². The molecular weight excluding hydrogens is 302 g/mol. The second-order valence-electron chi connectivity index (χ2n) is 3.39.